The number of benzene rings is 1. The van der Waals surface area contributed by atoms with Crippen molar-refractivity contribution in [2.45, 2.75) is 17.7 Å². The molecule has 114 valence electrons. The van der Waals surface area contributed by atoms with Gasteiger partial charge in [0.1, 0.15) is 9.96 Å². The van der Waals surface area contributed by atoms with Gasteiger partial charge in [0.05, 0.1) is 10.0 Å². The Morgan fingerprint density at radius 1 is 1.29 bits per heavy atom. The van der Waals surface area contributed by atoms with Crippen molar-refractivity contribution in [1.82, 2.24) is 0 Å². The van der Waals surface area contributed by atoms with Crippen LogP contribution >= 0.6 is 22.9 Å². The van der Waals surface area contributed by atoms with Crippen LogP contribution in [0, 0.1) is 6.92 Å². The molecule has 0 fully saturated rings. The van der Waals surface area contributed by atoms with Gasteiger partial charge in [-0.2, -0.15) is 8.78 Å². The Hall–Kier alpha value is -1.38. The summed E-state index contributed by atoms with van der Waals surface area (Å²) in [7, 11) is -3.90. The van der Waals surface area contributed by atoms with E-state index < -0.39 is 16.6 Å². The first-order valence-corrected chi connectivity index (χ1v) is 8.29. The Labute approximate surface area is 129 Å². The number of hydrogen-bond donors (Lipinski definition) is 1. The molecule has 0 spiro atoms. The highest BCUT2D eigenvalue weighted by molar-refractivity contribution is 7.94. The number of anilines is 1. The van der Waals surface area contributed by atoms with Gasteiger partial charge in [-0.05, 0) is 36.8 Å². The molecule has 1 heterocycles. The number of alkyl halides is 2. The van der Waals surface area contributed by atoms with E-state index in [1.165, 1.54) is 24.3 Å². The first kappa shape index (κ1) is 16.0. The minimum absolute atomic E-state index is 0.0175. The van der Waals surface area contributed by atoms with Gasteiger partial charge in [-0.3, -0.25) is 4.72 Å². The van der Waals surface area contributed by atoms with E-state index in [0.29, 0.717) is 9.90 Å². The van der Waals surface area contributed by atoms with Gasteiger partial charge in [-0.1, -0.05) is 17.7 Å². The fourth-order valence-corrected chi connectivity index (χ4v) is 4.10. The second-order valence-electron chi connectivity index (χ2n) is 4.04. The molecule has 9 heteroatoms. The van der Waals surface area contributed by atoms with E-state index in [9.17, 15) is 17.2 Å². The molecule has 0 aliphatic heterocycles. The Balaban J connectivity index is 2.34. The third-order valence-corrected chi connectivity index (χ3v) is 5.50. The van der Waals surface area contributed by atoms with Crippen LogP contribution in [0.5, 0.6) is 5.75 Å². The van der Waals surface area contributed by atoms with Crippen LogP contribution in [0.25, 0.3) is 0 Å². The molecule has 0 amide bonds. The molecule has 0 unspecified atom stereocenters. The van der Waals surface area contributed by atoms with E-state index in [0.717, 1.165) is 11.3 Å². The van der Waals surface area contributed by atoms with E-state index in [1.807, 2.05) is 0 Å². The SMILES string of the molecule is Cc1ccc(NS(=O)(=O)c2ccc(Cl)s2)c(OC(F)F)c1. The van der Waals surface area contributed by atoms with Gasteiger partial charge in [0, 0.05) is 0 Å². The number of hydrogen-bond acceptors (Lipinski definition) is 4. The lowest BCUT2D eigenvalue weighted by Gasteiger charge is -2.13. The van der Waals surface area contributed by atoms with Crippen molar-refractivity contribution in [3.05, 3.63) is 40.2 Å². The second kappa shape index (κ2) is 6.17. The fraction of sp³-hybridized carbons (Fsp3) is 0.167. The first-order valence-electron chi connectivity index (χ1n) is 5.61. The van der Waals surface area contributed by atoms with Crippen molar-refractivity contribution in [3.8, 4) is 5.75 Å². The van der Waals surface area contributed by atoms with Crippen LogP contribution in [0.15, 0.2) is 34.5 Å². The Bertz CT molecular complexity index is 747. The molecule has 1 aromatic carbocycles. The highest BCUT2D eigenvalue weighted by Crippen LogP contribution is 2.32. The van der Waals surface area contributed by atoms with Crippen LogP contribution in [-0.2, 0) is 10.0 Å². The standard InChI is InChI=1S/C12H10ClF2NO3S2/c1-7-2-3-8(9(6-7)19-12(14)15)16-21(17,18)11-5-4-10(13)20-11/h2-6,12,16H,1H3. The number of halogens is 3. The summed E-state index contributed by atoms with van der Waals surface area (Å²) >= 11 is 6.56. The average Bonchev–Trinajstić information content (AvgIpc) is 2.79. The Morgan fingerprint density at radius 2 is 2.00 bits per heavy atom. The minimum atomic E-state index is -3.90. The van der Waals surface area contributed by atoms with Crippen LogP contribution < -0.4 is 9.46 Å². The van der Waals surface area contributed by atoms with Crippen LogP contribution in [0.3, 0.4) is 0 Å². The maximum Gasteiger partial charge on any atom is 0.387 e. The second-order valence-corrected chi connectivity index (χ2v) is 7.67. The van der Waals surface area contributed by atoms with Crippen LogP contribution in [0.2, 0.25) is 4.34 Å². The maximum atomic E-state index is 12.4. The zero-order valence-corrected chi connectivity index (χ0v) is 13.0. The van der Waals surface area contributed by atoms with Crippen molar-refractivity contribution in [2.75, 3.05) is 4.72 Å². The molecule has 0 radical (unpaired) electrons. The van der Waals surface area contributed by atoms with E-state index in [-0.39, 0.29) is 15.6 Å². The lowest BCUT2D eigenvalue weighted by Crippen LogP contribution is -2.13. The molecule has 0 saturated heterocycles. The van der Waals surface area contributed by atoms with Gasteiger partial charge in [0.15, 0.2) is 0 Å². The van der Waals surface area contributed by atoms with E-state index in [4.69, 9.17) is 11.6 Å². The number of thiophene rings is 1. The predicted molar refractivity (Wildman–Crippen MR) is 77.9 cm³/mol. The summed E-state index contributed by atoms with van der Waals surface area (Å²) in [4.78, 5) is 0. The molecule has 21 heavy (non-hydrogen) atoms. The van der Waals surface area contributed by atoms with Crippen LogP contribution in [0.4, 0.5) is 14.5 Å². The quantitative estimate of drug-likeness (QED) is 0.880. The summed E-state index contributed by atoms with van der Waals surface area (Å²) in [6.45, 7) is -1.37. The molecule has 0 atom stereocenters. The topological polar surface area (TPSA) is 55.4 Å². The summed E-state index contributed by atoms with van der Waals surface area (Å²) in [6.07, 6.45) is 0. The predicted octanol–water partition coefficient (Wildman–Crippen LogP) is 4.11. The van der Waals surface area contributed by atoms with Crippen molar-refractivity contribution >= 4 is 38.6 Å². The molecule has 2 aromatic rings. The van der Waals surface area contributed by atoms with Gasteiger partial charge in [0.2, 0.25) is 0 Å². The number of ether oxygens (including phenoxy) is 1. The lowest BCUT2D eigenvalue weighted by molar-refractivity contribution is -0.0493. The van der Waals surface area contributed by atoms with Crippen molar-refractivity contribution in [3.63, 3.8) is 0 Å². The highest BCUT2D eigenvalue weighted by Gasteiger charge is 2.20. The minimum Gasteiger partial charge on any atom is -0.433 e. The summed E-state index contributed by atoms with van der Waals surface area (Å²) in [5.41, 5.74) is 0.596. The van der Waals surface area contributed by atoms with Gasteiger partial charge >= 0.3 is 6.61 Å². The number of aryl methyl sites for hydroxylation is 1. The zero-order valence-electron chi connectivity index (χ0n) is 10.6. The van der Waals surface area contributed by atoms with E-state index in [2.05, 4.69) is 9.46 Å². The maximum absolute atomic E-state index is 12.4. The highest BCUT2D eigenvalue weighted by atomic mass is 35.5. The van der Waals surface area contributed by atoms with Crippen molar-refractivity contribution < 1.29 is 21.9 Å². The Morgan fingerprint density at radius 3 is 2.57 bits per heavy atom. The molecule has 2 rings (SSSR count). The third kappa shape index (κ3) is 4.05. The first-order chi connectivity index (χ1) is 9.78. The smallest absolute Gasteiger partial charge is 0.387 e. The summed E-state index contributed by atoms with van der Waals surface area (Å²) in [6, 6.07) is 7.03. The van der Waals surface area contributed by atoms with Crippen LogP contribution in [0.1, 0.15) is 5.56 Å². The molecule has 4 nitrogen and oxygen atoms in total. The molecule has 0 saturated carbocycles. The zero-order chi connectivity index (χ0) is 15.6. The van der Waals surface area contributed by atoms with Crippen molar-refractivity contribution in [2.24, 2.45) is 0 Å². The molecule has 0 bridgehead atoms. The molecule has 1 N–H and O–H groups in total. The number of rotatable bonds is 5. The summed E-state index contributed by atoms with van der Waals surface area (Å²) < 4.78 is 55.9. The largest absolute Gasteiger partial charge is 0.433 e. The number of sulfonamides is 1. The summed E-state index contributed by atoms with van der Waals surface area (Å²) in [5.74, 6) is -0.240. The van der Waals surface area contributed by atoms with Gasteiger partial charge in [-0.25, -0.2) is 8.42 Å². The van der Waals surface area contributed by atoms with Gasteiger partial charge in [0.25, 0.3) is 10.0 Å². The normalized spacial score (nSPS) is 11.7. The van der Waals surface area contributed by atoms with Gasteiger partial charge < -0.3 is 4.74 Å². The molecular formula is C12H10ClF2NO3S2. The lowest BCUT2D eigenvalue weighted by atomic mass is 10.2. The van der Waals surface area contributed by atoms with E-state index >= 15 is 0 Å². The van der Waals surface area contributed by atoms with Gasteiger partial charge in [-0.15, -0.1) is 11.3 Å². The molecular weight excluding hydrogens is 344 g/mol. The van der Waals surface area contributed by atoms with Crippen LogP contribution in [-0.4, -0.2) is 15.0 Å². The monoisotopic (exact) mass is 353 g/mol. The average molecular weight is 354 g/mol. The fourth-order valence-electron chi connectivity index (χ4n) is 1.54. The summed E-state index contributed by atoms with van der Waals surface area (Å²) in [5, 5.41) is 0. The molecule has 0 aliphatic rings. The third-order valence-electron chi connectivity index (χ3n) is 2.41. The number of nitrogens with one attached hydrogen (secondary N) is 1. The molecule has 0 aliphatic carbocycles. The van der Waals surface area contributed by atoms with E-state index in [1.54, 1.807) is 13.0 Å². The van der Waals surface area contributed by atoms with Crippen molar-refractivity contribution in [1.29, 1.82) is 0 Å². The molecule has 1 aromatic heterocycles. The Kier molecular flexibility index (Phi) is 4.70.